The summed E-state index contributed by atoms with van der Waals surface area (Å²) < 4.78 is 12.1. The van der Waals surface area contributed by atoms with E-state index in [9.17, 15) is 9.90 Å². The molecule has 3 heterocycles. The highest BCUT2D eigenvalue weighted by Crippen LogP contribution is 2.34. The molecule has 1 aliphatic rings. The van der Waals surface area contributed by atoms with Gasteiger partial charge in [0.05, 0.1) is 37.6 Å². The molecule has 0 amide bonds. The van der Waals surface area contributed by atoms with Crippen molar-refractivity contribution < 1.29 is 19.4 Å². The van der Waals surface area contributed by atoms with Gasteiger partial charge in [0.15, 0.2) is 0 Å². The summed E-state index contributed by atoms with van der Waals surface area (Å²) in [6.45, 7) is 2.56. The number of pyridine rings is 1. The molecule has 0 spiro atoms. The fraction of sp³-hybridized carbons (Fsp3) is 0.579. The van der Waals surface area contributed by atoms with Crippen LogP contribution in [0.3, 0.4) is 0 Å². The van der Waals surface area contributed by atoms with E-state index in [0.29, 0.717) is 29.6 Å². The van der Waals surface area contributed by atoms with Gasteiger partial charge < -0.3 is 14.6 Å². The van der Waals surface area contributed by atoms with E-state index in [-0.39, 0.29) is 25.1 Å². The van der Waals surface area contributed by atoms with Gasteiger partial charge in [-0.3, -0.25) is 9.78 Å². The van der Waals surface area contributed by atoms with E-state index in [2.05, 4.69) is 23.3 Å². The second kappa shape index (κ2) is 8.58. The lowest BCUT2D eigenvalue weighted by Gasteiger charge is -2.30. The molecular weight excluding hydrogens is 348 g/mol. The van der Waals surface area contributed by atoms with Gasteiger partial charge in [-0.15, -0.1) is 5.10 Å². The average Bonchev–Trinajstić information content (AvgIpc) is 3.08. The maximum atomic E-state index is 11.6. The minimum absolute atomic E-state index is 0.124. The summed E-state index contributed by atoms with van der Waals surface area (Å²) in [5.41, 5.74) is 4.16. The first kappa shape index (κ1) is 19.4. The van der Waals surface area contributed by atoms with Gasteiger partial charge in [-0.1, -0.05) is 18.2 Å². The molecule has 8 nitrogen and oxygen atoms in total. The van der Waals surface area contributed by atoms with E-state index in [4.69, 9.17) is 14.5 Å². The zero-order valence-corrected chi connectivity index (χ0v) is 16.0. The van der Waals surface area contributed by atoms with Crippen LogP contribution >= 0.6 is 0 Å². The van der Waals surface area contributed by atoms with Crippen molar-refractivity contribution in [3.8, 4) is 11.4 Å². The second-order valence-corrected chi connectivity index (χ2v) is 6.75. The van der Waals surface area contributed by atoms with Crippen molar-refractivity contribution in [2.24, 2.45) is 7.05 Å². The number of hydrogen-bond donors (Lipinski definition) is 1. The maximum absolute atomic E-state index is 11.6. The minimum atomic E-state index is -0.246. The van der Waals surface area contributed by atoms with E-state index in [1.54, 1.807) is 11.7 Å². The molecule has 2 unspecified atom stereocenters. The van der Waals surface area contributed by atoms with Gasteiger partial charge >= 0.3 is 5.97 Å². The summed E-state index contributed by atoms with van der Waals surface area (Å²) in [5, 5.41) is 17.7. The number of aromatic nitrogens is 4. The Hall–Kier alpha value is -2.32. The second-order valence-electron chi connectivity index (χ2n) is 6.75. The molecule has 8 heteroatoms. The van der Waals surface area contributed by atoms with Gasteiger partial charge in [0.2, 0.25) is 0 Å². The first-order valence-corrected chi connectivity index (χ1v) is 9.25. The molecule has 3 rings (SSSR count). The predicted octanol–water partition coefficient (Wildman–Crippen LogP) is 1.76. The fourth-order valence-electron chi connectivity index (χ4n) is 3.63. The van der Waals surface area contributed by atoms with Crippen molar-refractivity contribution in [1.82, 2.24) is 20.0 Å². The third kappa shape index (κ3) is 4.17. The van der Waals surface area contributed by atoms with Gasteiger partial charge in [0.25, 0.3) is 0 Å². The van der Waals surface area contributed by atoms with Crippen LogP contribution in [0.15, 0.2) is 12.1 Å². The molecule has 146 valence electrons. The Morgan fingerprint density at radius 3 is 2.96 bits per heavy atom. The summed E-state index contributed by atoms with van der Waals surface area (Å²) in [4.78, 5) is 16.4. The van der Waals surface area contributed by atoms with Crippen molar-refractivity contribution in [3.63, 3.8) is 0 Å². The van der Waals surface area contributed by atoms with Crippen molar-refractivity contribution >= 4 is 5.97 Å². The van der Waals surface area contributed by atoms with E-state index >= 15 is 0 Å². The molecule has 2 aromatic rings. The van der Waals surface area contributed by atoms with E-state index in [1.807, 2.05) is 6.07 Å². The van der Waals surface area contributed by atoms with Gasteiger partial charge in [-0.2, -0.15) is 0 Å². The van der Waals surface area contributed by atoms with Crippen LogP contribution in [0.4, 0.5) is 0 Å². The molecule has 0 aromatic carbocycles. The van der Waals surface area contributed by atoms with Crippen LogP contribution in [-0.2, 0) is 34.3 Å². The first-order chi connectivity index (χ1) is 13.1. The van der Waals surface area contributed by atoms with E-state index < -0.39 is 0 Å². The van der Waals surface area contributed by atoms with Crippen LogP contribution < -0.4 is 0 Å². The molecule has 1 saturated heterocycles. The standard InChI is InChI=1S/C19H26N4O4/c1-4-15-14(12-7-8-27-13(9-12)10-18(25)26-3)5-6-16(20-15)19-17(11-24)23(2)22-21-19/h5-6,12-13,24H,4,7-11H2,1-3H3. The highest BCUT2D eigenvalue weighted by atomic mass is 16.5. The quantitative estimate of drug-likeness (QED) is 0.769. The van der Waals surface area contributed by atoms with Gasteiger partial charge in [0, 0.05) is 19.3 Å². The van der Waals surface area contributed by atoms with Gasteiger partial charge in [-0.25, -0.2) is 4.68 Å². The summed E-state index contributed by atoms with van der Waals surface area (Å²) >= 11 is 0. The maximum Gasteiger partial charge on any atom is 0.308 e. The molecular formula is C19H26N4O4. The number of ether oxygens (including phenoxy) is 2. The minimum Gasteiger partial charge on any atom is -0.469 e. The molecule has 27 heavy (non-hydrogen) atoms. The predicted molar refractivity (Wildman–Crippen MR) is 97.9 cm³/mol. The summed E-state index contributed by atoms with van der Waals surface area (Å²) in [5.74, 6) is 0.0492. The number of aliphatic hydroxyl groups excluding tert-OH is 1. The van der Waals surface area contributed by atoms with Crippen LogP contribution in [0.25, 0.3) is 11.4 Å². The number of aliphatic hydroxyl groups is 1. The van der Waals surface area contributed by atoms with E-state index in [0.717, 1.165) is 25.0 Å². The monoisotopic (exact) mass is 374 g/mol. The zero-order valence-electron chi connectivity index (χ0n) is 16.0. The Kier molecular flexibility index (Phi) is 6.18. The fourth-order valence-corrected chi connectivity index (χ4v) is 3.63. The summed E-state index contributed by atoms with van der Waals surface area (Å²) in [7, 11) is 3.15. The number of carbonyl (C=O) groups excluding carboxylic acids is 1. The Bertz CT molecular complexity index is 805. The van der Waals surface area contributed by atoms with Crippen molar-refractivity contribution in [1.29, 1.82) is 0 Å². The smallest absolute Gasteiger partial charge is 0.308 e. The average molecular weight is 374 g/mol. The number of nitrogens with zero attached hydrogens (tertiary/aromatic N) is 4. The molecule has 0 saturated carbocycles. The lowest BCUT2D eigenvalue weighted by Crippen LogP contribution is -2.28. The highest BCUT2D eigenvalue weighted by molar-refractivity contribution is 5.69. The van der Waals surface area contributed by atoms with Gasteiger partial charge in [0.1, 0.15) is 5.69 Å². The largest absolute Gasteiger partial charge is 0.469 e. The number of aryl methyl sites for hydroxylation is 2. The lowest BCUT2D eigenvalue weighted by molar-refractivity contribution is -0.144. The normalized spacial score (nSPS) is 19.9. The summed E-state index contributed by atoms with van der Waals surface area (Å²) in [6, 6.07) is 4.02. The van der Waals surface area contributed by atoms with Crippen molar-refractivity contribution in [3.05, 3.63) is 29.1 Å². The SMILES string of the molecule is CCc1nc(-c2nnn(C)c2CO)ccc1C1CCOC(CC(=O)OC)C1. The van der Waals surface area contributed by atoms with Crippen LogP contribution in [-0.4, -0.2) is 50.9 Å². The van der Waals surface area contributed by atoms with Crippen LogP contribution in [0.5, 0.6) is 0 Å². The number of rotatable bonds is 6. The third-order valence-electron chi connectivity index (χ3n) is 5.11. The van der Waals surface area contributed by atoms with Gasteiger partial charge in [-0.05, 0) is 36.8 Å². The molecule has 0 aliphatic carbocycles. The molecule has 1 fully saturated rings. The van der Waals surface area contributed by atoms with E-state index in [1.165, 1.54) is 12.7 Å². The topological polar surface area (TPSA) is 99.4 Å². The third-order valence-corrected chi connectivity index (χ3v) is 5.11. The Morgan fingerprint density at radius 1 is 1.44 bits per heavy atom. The Morgan fingerprint density at radius 2 is 2.26 bits per heavy atom. The first-order valence-electron chi connectivity index (χ1n) is 9.25. The zero-order chi connectivity index (χ0) is 19.4. The Labute approximate surface area is 158 Å². The summed E-state index contributed by atoms with van der Waals surface area (Å²) in [6.07, 6.45) is 2.62. The number of esters is 1. The number of carbonyl (C=O) groups is 1. The molecule has 2 aromatic heterocycles. The number of hydrogen-bond acceptors (Lipinski definition) is 7. The van der Waals surface area contributed by atoms with Crippen molar-refractivity contribution in [2.45, 2.75) is 51.2 Å². The molecule has 2 atom stereocenters. The lowest BCUT2D eigenvalue weighted by atomic mass is 9.86. The van der Waals surface area contributed by atoms with Crippen molar-refractivity contribution in [2.75, 3.05) is 13.7 Å². The Balaban J connectivity index is 1.85. The molecule has 0 radical (unpaired) electrons. The molecule has 0 bridgehead atoms. The highest BCUT2D eigenvalue weighted by Gasteiger charge is 2.28. The number of methoxy groups -OCH3 is 1. The van der Waals surface area contributed by atoms with Crippen LogP contribution in [0.2, 0.25) is 0 Å². The van der Waals surface area contributed by atoms with Crippen LogP contribution in [0, 0.1) is 0 Å². The van der Waals surface area contributed by atoms with Crippen LogP contribution in [0.1, 0.15) is 49.1 Å². The molecule has 1 aliphatic heterocycles. The molecule has 1 N–H and O–H groups in total.